The Balaban J connectivity index is 1.40. The van der Waals surface area contributed by atoms with Crippen molar-refractivity contribution in [1.29, 1.82) is 0 Å². The minimum absolute atomic E-state index is 0.0416. The molecule has 4 aromatic rings. The van der Waals surface area contributed by atoms with Crippen molar-refractivity contribution in [2.45, 2.75) is 13.0 Å². The molecule has 0 saturated heterocycles. The Hall–Kier alpha value is -3.85. The van der Waals surface area contributed by atoms with Crippen molar-refractivity contribution in [3.63, 3.8) is 0 Å². The number of carbonyl (C=O) groups excluding carboxylic acids is 1. The molecule has 0 aliphatic heterocycles. The van der Waals surface area contributed by atoms with Gasteiger partial charge in [-0.15, -0.1) is 0 Å². The third-order valence-corrected chi connectivity index (χ3v) is 5.18. The standard InChI is InChI=1S/C28H25NO2/c1-21-12-14-22(15-13-21)23-16-18-26(19-17-23)31-20-27(30)29-28(24-8-4-2-5-9-24)25-10-6-3-7-11-25/h2-19,28H,20H2,1H3,(H,29,30). The molecule has 0 saturated carbocycles. The van der Waals surface area contributed by atoms with Gasteiger partial charge in [-0.3, -0.25) is 4.79 Å². The van der Waals surface area contributed by atoms with Gasteiger partial charge in [-0.25, -0.2) is 0 Å². The van der Waals surface area contributed by atoms with Gasteiger partial charge < -0.3 is 10.1 Å². The average molecular weight is 408 g/mol. The number of aryl methyl sites for hydroxylation is 1. The Kier molecular flexibility index (Phi) is 6.44. The van der Waals surface area contributed by atoms with E-state index in [0.717, 1.165) is 22.3 Å². The van der Waals surface area contributed by atoms with Gasteiger partial charge in [-0.05, 0) is 41.3 Å². The second-order valence-corrected chi connectivity index (χ2v) is 7.50. The van der Waals surface area contributed by atoms with Crippen LogP contribution in [0.25, 0.3) is 11.1 Å². The molecule has 4 aromatic carbocycles. The van der Waals surface area contributed by atoms with E-state index in [9.17, 15) is 4.79 Å². The van der Waals surface area contributed by atoms with E-state index in [-0.39, 0.29) is 18.6 Å². The summed E-state index contributed by atoms with van der Waals surface area (Å²) < 4.78 is 5.74. The molecule has 0 heterocycles. The maximum Gasteiger partial charge on any atom is 0.258 e. The molecule has 31 heavy (non-hydrogen) atoms. The molecule has 3 heteroatoms. The summed E-state index contributed by atoms with van der Waals surface area (Å²) in [5, 5.41) is 3.10. The summed E-state index contributed by atoms with van der Waals surface area (Å²) in [5.74, 6) is 0.502. The van der Waals surface area contributed by atoms with Crippen molar-refractivity contribution in [2.24, 2.45) is 0 Å². The van der Waals surface area contributed by atoms with Crippen molar-refractivity contribution in [1.82, 2.24) is 5.32 Å². The fourth-order valence-corrected chi connectivity index (χ4v) is 3.49. The number of hydrogen-bond acceptors (Lipinski definition) is 2. The maximum atomic E-state index is 12.7. The van der Waals surface area contributed by atoms with E-state index < -0.39 is 0 Å². The lowest BCUT2D eigenvalue weighted by Gasteiger charge is -2.20. The van der Waals surface area contributed by atoms with Crippen LogP contribution in [0.1, 0.15) is 22.7 Å². The Morgan fingerprint density at radius 2 is 1.19 bits per heavy atom. The van der Waals surface area contributed by atoms with Gasteiger partial charge in [0.1, 0.15) is 5.75 Å². The zero-order valence-corrected chi connectivity index (χ0v) is 17.5. The Morgan fingerprint density at radius 3 is 1.71 bits per heavy atom. The molecule has 4 rings (SSSR count). The van der Waals surface area contributed by atoms with Crippen molar-refractivity contribution in [2.75, 3.05) is 6.61 Å². The van der Waals surface area contributed by atoms with Gasteiger partial charge in [0.15, 0.2) is 6.61 Å². The van der Waals surface area contributed by atoms with Crippen LogP contribution in [0.4, 0.5) is 0 Å². The first kappa shape index (κ1) is 20.4. The summed E-state index contributed by atoms with van der Waals surface area (Å²) in [6.45, 7) is 2.03. The van der Waals surface area contributed by atoms with E-state index in [4.69, 9.17) is 4.74 Å². The van der Waals surface area contributed by atoms with Crippen LogP contribution in [-0.2, 0) is 4.79 Å². The van der Waals surface area contributed by atoms with Crippen LogP contribution in [-0.4, -0.2) is 12.5 Å². The first-order chi connectivity index (χ1) is 15.2. The zero-order chi connectivity index (χ0) is 21.5. The van der Waals surface area contributed by atoms with Crippen molar-refractivity contribution in [3.8, 4) is 16.9 Å². The third kappa shape index (κ3) is 5.40. The number of carbonyl (C=O) groups is 1. The summed E-state index contributed by atoms with van der Waals surface area (Å²) in [4.78, 5) is 12.7. The number of ether oxygens (including phenoxy) is 1. The number of amides is 1. The average Bonchev–Trinajstić information content (AvgIpc) is 2.83. The van der Waals surface area contributed by atoms with E-state index in [0.29, 0.717) is 5.75 Å². The molecular weight excluding hydrogens is 382 g/mol. The lowest BCUT2D eigenvalue weighted by atomic mass is 9.99. The van der Waals surface area contributed by atoms with E-state index in [1.807, 2.05) is 84.9 Å². The highest BCUT2D eigenvalue weighted by Crippen LogP contribution is 2.24. The van der Waals surface area contributed by atoms with Crippen molar-refractivity contribution in [3.05, 3.63) is 126 Å². The molecule has 0 bridgehead atoms. The molecule has 0 aromatic heterocycles. The largest absolute Gasteiger partial charge is 0.484 e. The summed E-state index contributed by atoms with van der Waals surface area (Å²) in [6, 6.07) is 35.9. The van der Waals surface area contributed by atoms with Crippen LogP contribution in [0.3, 0.4) is 0 Å². The van der Waals surface area contributed by atoms with Crippen LogP contribution in [0.2, 0.25) is 0 Å². The quantitative estimate of drug-likeness (QED) is 0.411. The molecule has 0 unspecified atom stereocenters. The van der Waals surface area contributed by atoms with E-state index in [1.54, 1.807) is 0 Å². The fraction of sp³-hybridized carbons (Fsp3) is 0.107. The lowest BCUT2D eigenvalue weighted by Crippen LogP contribution is -2.33. The van der Waals surface area contributed by atoms with Crippen LogP contribution in [0.5, 0.6) is 5.75 Å². The summed E-state index contributed by atoms with van der Waals surface area (Å²) in [5.41, 5.74) is 5.57. The molecule has 0 aliphatic carbocycles. The molecule has 0 atom stereocenters. The Labute approximate surface area is 183 Å². The Bertz CT molecular complexity index is 1070. The Morgan fingerprint density at radius 1 is 0.710 bits per heavy atom. The predicted molar refractivity (Wildman–Crippen MR) is 125 cm³/mol. The molecule has 0 aliphatic rings. The topological polar surface area (TPSA) is 38.3 Å². The highest BCUT2D eigenvalue weighted by atomic mass is 16.5. The molecule has 0 radical (unpaired) electrons. The summed E-state index contributed by atoms with van der Waals surface area (Å²) in [6.07, 6.45) is 0. The summed E-state index contributed by atoms with van der Waals surface area (Å²) >= 11 is 0. The van der Waals surface area contributed by atoms with Gasteiger partial charge in [0.05, 0.1) is 6.04 Å². The second-order valence-electron chi connectivity index (χ2n) is 7.50. The molecule has 0 fully saturated rings. The van der Waals surface area contributed by atoms with Crippen LogP contribution in [0.15, 0.2) is 109 Å². The first-order valence-electron chi connectivity index (χ1n) is 10.4. The minimum atomic E-state index is -0.220. The molecule has 154 valence electrons. The highest BCUT2D eigenvalue weighted by Gasteiger charge is 2.16. The van der Waals surface area contributed by atoms with Gasteiger partial charge in [-0.2, -0.15) is 0 Å². The van der Waals surface area contributed by atoms with Crippen LogP contribution in [0, 0.1) is 6.92 Å². The SMILES string of the molecule is Cc1ccc(-c2ccc(OCC(=O)NC(c3ccccc3)c3ccccc3)cc2)cc1. The fourth-order valence-electron chi connectivity index (χ4n) is 3.49. The first-order valence-corrected chi connectivity index (χ1v) is 10.4. The van der Waals surface area contributed by atoms with Gasteiger partial charge in [0.2, 0.25) is 0 Å². The normalized spacial score (nSPS) is 10.6. The second kappa shape index (κ2) is 9.77. The highest BCUT2D eigenvalue weighted by molar-refractivity contribution is 5.78. The molecule has 3 nitrogen and oxygen atoms in total. The monoisotopic (exact) mass is 407 g/mol. The number of nitrogens with one attached hydrogen (secondary N) is 1. The van der Waals surface area contributed by atoms with Gasteiger partial charge in [0.25, 0.3) is 5.91 Å². The van der Waals surface area contributed by atoms with E-state index >= 15 is 0 Å². The minimum Gasteiger partial charge on any atom is -0.484 e. The third-order valence-electron chi connectivity index (χ3n) is 5.18. The lowest BCUT2D eigenvalue weighted by molar-refractivity contribution is -0.123. The number of benzene rings is 4. The smallest absolute Gasteiger partial charge is 0.258 e. The maximum absolute atomic E-state index is 12.7. The van der Waals surface area contributed by atoms with Crippen molar-refractivity contribution < 1.29 is 9.53 Å². The zero-order valence-electron chi connectivity index (χ0n) is 17.5. The van der Waals surface area contributed by atoms with Crippen molar-refractivity contribution >= 4 is 5.91 Å². The van der Waals surface area contributed by atoms with Gasteiger partial charge >= 0.3 is 0 Å². The predicted octanol–water partition coefficient (Wildman–Crippen LogP) is 5.95. The number of hydrogen-bond donors (Lipinski definition) is 1. The van der Waals surface area contributed by atoms with E-state index in [2.05, 4.69) is 36.5 Å². The molecular formula is C28H25NO2. The molecule has 1 amide bonds. The molecule has 1 N–H and O–H groups in total. The van der Waals surface area contributed by atoms with E-state index in [1.165, 1.54) is 5.56 Å². The van der Waals surface area contributed by atoms with Crippen LogP contribution >= 0.6 is 0 Å². The number of rotatable bonds is 7. The summed E-state index contributed by atoms with van der Waals surface area (Å²) in [7, 11) is 0. The van der Waals surface area contributed by atoms with Gasteiger partial charge in [-0.1, -0.05) is 103 Å². The van der Waals surface area contributed by atoms with Crippen LogP contribution < -0.4 is 10.1 Å². The molecule has 0 spiro atoms. The van der Waals surface area contributed by atoms with Gasteiger partial charge in [0, 0.05) is 0 Å².